The zero-order chi connectivity index (χ0) is 21.9. The highest BCUT2D eigenvalue weighted by Gasteiger charge is 2.20. The molecule has 1 aliphatic rings. The topological polar surface area (TPSA) is 58.5 Å². The molecule has 0 atom stereocenters. The van der Waals surface area contributed by atoms with Crippen LogP contribution in [0.15, 0.2) is 67.1 Å². The van der Waals surface area contributed by atoms with E-state index >= 15 is 0 Å². The summed E-state index contributed by atoms with van der Waals surface area (Å²) in [5.41, 5.74) is 7.72. The third-order valence-corrected chi connectivity index (χ3v) is 5.86. The van der Waals surface area contributed by atoms with Crippen molar-refractivity contribution in [1.82, 2.24) is 24.4 Å². The van der Waals surface area contributed by atoms with E-state index < -0.39 is 0 Å². The Kier molecular flexibility index (Phi) is 5.75. The van der Waals surface area contributed by atoms with Gasteiger partial charge in [0.25, 0.3) is 0 Å². The maximum atomic E-state index is 5.62. The normalized spacial score (nSPS) is 15.2. The highest BCUT2D eigenvalue weighted by atomic mass is 16.5. The largest absolute Gasteiger partial charge is 0.494 e. The molecule has 0 aliphatic carbocycles. The molecule has 2 aromatic heterocycles. The van der Waals surface area contributed by atoms with Gasteiger partial charge in [-0.15, -0.1) is 0 Å². The van der Waals surface area contributed by atoms with E-state index in [1.165, 1.54) is 0 Å². The monoisotopic (exact) mass is 428 g/mol. The molecule has 2 aromatic carbocycles. The fourth-order valence-electron chi connectivity index (χ4n) is 4.12. The molecule has 1 saturated heterocycles. The molecule has 32 heavy (non-hydrogen) atoms. The Labute approximate surface area is 188 Å². The van der Waals surface area contributed by atoms with E-state index in [1.54, 1.807) is 6.33 Å². The van der Waals surface area contributed by atoms with E-state index in [4.69, 9.17) is 4.74 Å². The number of hydrogen-bond acceptors (Lipinski definition) is 6. The summed E-state index contributed by atoms with van der Waals surface area (Å²) in [6.45, 7) is 6.59. The summed E-state index contributed by atoms with van der Waals surface area (Å²) < 4.78 is 7.75. The van der Waals surface area contributed by atoms with Crippen LogP contribution in [0.5, 0.6) is 5.75 Å². The van der Waals surface area contributed by atoms with Crippen molar-refractivity contribution in [1.29, 1.82) is 0 Å². The van der Waals surface area contributed by atoms with Crippen LogP contribution in [0.25, 0.3) is 27.8 Å². The zero-order valence-corrected chi connectivity index (χ0v) is 18.5. The molecular weight excluding hydrogens is 400 g/mol. The molecule has 4 aromatic rings. The minimum absolute atomic E-state index is 0.651. The first-order valence-electron chi connectivity index (χ1n) is 11.1. The SMILES string of the molecule is CCOc1ccc(-n2cc(-c3ccccc3)c3c(NN4CCN(C)CC4)ncnc32)cc1. The molecule has 0 unspecified atom stereocenters. The molecule has 1 fully saturated rings. The summed E-state index contributed by atoms with van der Waals surface area (Å²) in [7, 11) is 2.16. The third-order valence-electron chi connectivity index (χ3n) is 5.86. The van der Waals surface area contributed by atoms with E-state index in [0.717, 1.165) is 65.6 Å². The van der Waals surface area contributed by atoms with Gasteiger partial charge in [-0.05, 0) is 43.8 Å². The van der Waals surface area contributed by atoms with Crippen LogP contribution in [-0.4, -0.2) is 64.3 Å². The number of likely N-dealkylation sites (N-methyl/N-ethyl adjacent to an activating group) is 1. The second kappa shape index (κ2) is 8.98. The Hall–Kier alpha value is -3.42. The summed E-state index contributed by atoms with van der Waals surface area (Å²) in [5.74, 6) is 1.70. The molecule has 0 radical (unpaired) electrons. The Morgan fingerprint density at radius 2 is 1.69 bits per heavy atom. The number of piperazine rings is 1. The van der Waals surface area contributed by atoms with Crippen LogP contribution < -0.4 is 10.2 Å². The summed E-state index contributed by atoms with van der Waals surface area (Å²) >= 11 is 0. The number of rotatable bonds is 6. The Balaban J connectivity index is 1.61. The van der Waals surface area contributed by atoms with Crippen molar-refractivity contribution in [2.45, 2.75) is 6.92 Å². The highest BCUT2D eigenvalue weighted by molar-refractivity contribution is 6.02. The average Bonchev–Trinajstić information content (AvgIpc) is 3.23. The van der Waals surface area contributed by atoms with E-state index in [-0.39, 0.29) is 0 Å². The van der Waals surface area contributed by atoms with Crippen LogP contribution in [0.3, 0.4) is 0 Å². The van der Waals surface area contributed by atoms with Crippen molar-refractivity contribution in [3.63, 3.8) is 0 Å². The van der Waals surface area contributed by atoms with Gasteiger partial charge >= 0.3 is 0 Å². The molecule has 0 bridgehead atoms. The Bertz CT molecular complexity index is 1180. The standard InChI is InChI=1S/C25H28N6O/c1-3-32-21-11-9-20(10-12-21)31-17-22(19-7-5-4-6-8-19)23-24(26-18-27-25(23)31)28-30-15-13-29(2)14-16-30/h4-12,17-18H,3,13-16H2,1-2H3,(H,26,27,28). The van der Waals surface area contributed by atoms with E-state index in [2.05, 4.69) is 79.5 Å². The van der Waals surface area contributed by atoms with Crippen LogP contribution in [0.1, 0.15) is 6.92 Å². The van der Waals surface area contributed by atoms with E-state index in [0.29, 0.717) is 6.61 Å². The van der Waals surface area contributed by atoms with Gasteiger partial charge in [-0.2, -0.15) is 0 Å². The van der Waals surface area contributed by atoms with Gasteiger partial charge in [-0.3, -0.25) is 0 Å². The molecule has 0 amide bonds. The van der Waals surface area contributed by atoms with Crippen molar-refractivity contribution in [2.75, 3.05) is 45.3 Å². The molecule has 7 heteroatoms. The predicted molar refractivity (Wildman–Crippen MR) is 128 cm³/mol. The van der Waals surface area contributed by atoms with Gasteiger partial charge in [0.15, 0.2) is 11.5 Å². The van der Waals surface area contributed by atoms with Gasteiger partial charge < -0.3 is 19.6 Å². The van der Waals surface area contributed by atoms with Gasteiger partial charge in [0.2, 0.25) is 0 Å². The van der Waals surface area contributed by atoms with Gasteiger partial charge in [0, 0.05) is 43.6 Å². The molecule has 5 rings (SSSR count). The molecular formula is C25H28N6O. The molecule has 0 saturated carbocycles. The molecule has 1 aliphatic heterocycles. The average molecular weight is 429 g/mol. The Morgan fingerprint density at radius 3 is 2.41 bits per heavy atom. The van der Waals surface area contributed by atoms with Crippen molar-refractivity contribution >= 4 is 16.9 Å². The first-order chi connectivity index (χ1) is 15.7. The smallest absolute Gasteiger partial charge is 0.153 e. The van der Waals surface area contributed by atoms with Gasteiger partial charge in [0.1, 0.15) is 12.1 Å². The molecule has 7 nitrogen and oxygen atoms in total. The minimum atomic E-state index is 0.651. The lowest BCUT2D eigenvalue weighted by molar-refractivity contribution is 0.178. The van der Waals surface area contributed by atoms with Crippen molar-refractivity contribution in [2.24, 2.45) is 0 Å². The van der Waals surface area contributed by atoms with Gasteiger partial charge in [0.05, 0.1) is 12.0 Å². The third kappa shape index (κ3) is 4.04. The van der Waals surface area contributed by atoms with Crippen molar-refractivity contribution < 1.29 is 4.74 Å². The minimum Gasteiger partial charge on any atom is -0.494 e. The lowest BCUT2D eigenvalue weighted by Gasteiger charge is -2.32. The number of hydrogen-bond donors (Lipinski definition) is 1. The molecule has 164 valence electrons. The maximum Gasteiger partial charge on any atom is 0.153 e. The van der Waals surface area contributed by atoms with Crippen molar-refractivity contribution in [3.8, 4) is 22.6 Å². The number of aromatic nitrogens is 3. The first-order valence-corrected chi connectivity index (χ1v) is 11.1. The molecule has 0 spiro atoms. The second-order valence-corrected chi connectivity index (χ2v) is 8.03. The predicted octanol–water partition coefficient (Wildman–Crippen LogP) is 4.06. The lowest BCUT2D eigenvalue weighted by atomic mass is 10.1. The van der Waals surface area contributed by atoms with Crippen LogP contribution >= 0.6 is 0 Å². The van der Waals surface area contributed by atoms with Crippen molar-refractivity contribution in [3.05, 3.63) is 67.1 Å². The van der Waals surface area contributed by atoms with E-state index in [1.807, 2.05) is 25.1 Å². The summed E-state index contributed by atoms with van der Waals surface area (Å²) in [4.78, 5) is 11.7. The second-order valence-electron chi connectivity index (χ2n) is 8.03. The van der Waals surface area contributed by atoms with Crippen LogP contribution in [-0.2, 0) is 0 Å². The van der Waals surface area contributed by atoms with Crippen LogP contribution in [0, 0.1) is 0 Å². The molecule has 1 N–H and O–H groups in total. The molecule has 3 heterocycles. The summed E-state index contributed by atoms with van der Waals surface area (Å²) in [6.07, 6.45) is 3.79. The highest BCUT2D eigenvalue weighted by Crippen LogP contribution is 2.35. The number of benzene rings is 2. The zero-order valence-electron chi connectivity index (χ0n) is 18.5. The number of anilines is 1. The number of ether oxygens (including phenoxy) is 1. The number of hydrazine groups is 1. The number of nitrogens with zero attached hydrogens (tertiary/aromatic N) is 5. The quantitative estimate of drug-likeness (QED) is 0.500. The maximum absolute atomic E-state index is 5.62. The summed E-state index contributed by atoms with van der Waals surface area (Å²) in [5, 5.41) is 3.26. The number of fused-ring (bicyclic) bond motifs is 1. The fraction of sp³-hybridized carbons (Fsp3) is 0.280. The van der Waals surface area contributed by atoms with Gasteiger partial charge in [-0.25, -0.2) is 15.0 Å². The Morgan fingerprint density at radius 1 is 0.938 bits per heavy atom. The van der Waals surface area contributed by atoms with Crippen LogP contribution in [0.4, 0.5) is 5.82 Å². The fourth-order valence-corrected chi connectivity index (χ4v) is 4.12. The van der Waals surface area contributed by atoms with E-state index in [9.17, 15) is 0 Å². The van der Waals surface area contributed by atoms with Crippen LogP contribution in [0.2, 0.25) is 0 Å². The number of nitrogens with one attached hydrogen (secondary N) is 1. The lowest BCUT2D eigenvalue weighted by Crippen LogP contribution is -2.47. The van der Waals surface area contributed by atoms with Gasteiger partial charge in [-0.1, -0.05) is 30.3 Å². The summed E-state index contributed by atoms with van der Waals surface area (Å²) in [6, 6.07) is 18.5. The first kappa shape index (κ1) is 20.5.